The van der Waals surface area contributed by atoms with Crippen molar-refractivity contribution in [2.75, 3.05) is 13.1 Å². The highest BCUT2D eigenvalue weighted by Gasteiger charge is 2.27. The minimum atomic E-state index is 0.0737. The number of thiazole rings is 1. The van der Waals surface area contributed by atoms with Crippen molar-refractivity contribution in [3.8, 4) is 16.5 Å². The number of benzene rings is 1. The Bertz CT molecular complexity index is 963. The average molecular weight is 394 g/mol. The summed E-state index contributed by atoms with van der Waals surface area (Å²) >= 11 is 1.48. The van der Waals surface area contributed by atoms with Crippen LogP contribution in [0.1, 0.15) is 33.8 Å². The molecule has 1 aliphatic heterocycles. The molecule has 3 heterocycles. The Kier molecular flexibility index (Phi) is 5.39. The number of amides is 1. The average Bonchev–Trinajstić information content (AvgIpc) is 3.12. The molecule has 1 fully saturated rings. The second-order valence-corrected chi connectivity index (χ2v) is 8.03. The monoisotopic (exact) mass is 393 g/mol. The molecule has 0 aliphatic carbocycles. The number of likely N-dealkylation sites (tertiary alicyclic amines) is 1. The molecule has 0 saturated carbocycles. The van der Waals surface area contributed by atoms with E-state index >= 15 is 0 Å². The van der Waals surface area contributed by atoms with Crippen LogP contribution < -0.4 is 4.74 Å². The number of pyridine rings is 1. The van der Waals surface area contributed by atoms with Crippen molar-refractivity contribution in [3.63, 3.8) is 0 Å². The van der Waals surface area contributed by atoms with Gasteiger partial charge >= 0.3 is 0 Å². The van der Waals surface area contributed by atoms with E-state index in [2.05, 4.69) is 9.97 Å². The molecule has 28 heavy (non-hydrogen) atoms. The molecule has 3 aromatic rings. The smallest absolute Gasteiger partial charge is 0.265 e. The molecule has 0 radical (unpaired) electrons. The number of hydrogen-bond donors (Lipinski definition) is 0. The van der Waals surface area contributed by atoms with E-state index in [1.54, 1.807) is 6.20 Å². The maximum atomic E-state index is 13.0. The fraction of sp³-hybridized carbons (Fsp3) is 0.318. The van der Waals surface area contributed by atoms with Gasteiger partial charge in [0.15, 0.2) is 0 Å². The van der Waals surface area contributed by atoms with Crippen molar-refractivity contribution < 1.29 is 9.53 Å². The van der Waals surface area contributed by atoms with Gasteiger partial charge in [-0.25, -0.2) is 9.97 Å². The first-order chi connectivity index (χ1) is 13.6. The number of piperidine rings is 1. The number of ether oxygens (including phenoxy) is 1. The van der Waals surface area contributed by atoms with Gasteiger partial charge in [0.2, 0.25) is 5.88 Å². The fourth-order valence-corrected chi connectivity index (χ4v) is 4.41. The summed E-state index contributed by atoms with van der Waals surface area (Å²) in [6.45, 7) is 5.29. The van der Waals surface area contributed by atoms with Crippen LogP contribution >= 0.6 is 11.3 Å². The number of carbonyl (C=O) groups is 1. The SMILES string of the molecule is Cc1cccnc1OC1CCN(C(=O)c2sc(-c3ccccc3)nc2C)CC1. The quantitative estimate of drug-likeness (QED) is 0.655. The lowest BCUT2D eigenvalue weighted by Crippen LogP contribution is -2.41. The van der Waals surface area contributed by atoms with E-state index in [1.807, 2.05) is 61.2 Å². The molecule has 1 aliphatic rings. The standard InChI is InChI=1S/C22H23N3O2S/c1-15-7-6-12-23-20(15)27-18-10-13-25(14-11-18)22(26)19-16(2)24-21(28-19)17-8-4-3-5-9-17/h3-9,12,18H,10-11,13-14H2,1-2H3. The zero-order valence-corrected chi connectivity index (χ0v) is 16.9. The molecule has 1 aromatic carbocycles. The lowest BCUT2D eigenvalue weighted by atomic mass is 10.1. The first-order valence-electron chi connectivity index (χ1n) is 9.52. The van der Waals surface area contributed by atoms with Crippen molar-refractivity contribution in [1.82, 2.24) is 14.9 Å². The van der Waals surface area contributed by atoms with Crippen LogP contribution in [0.2, 0.25) is 0 Å². The van der Waals surface area contributed by atoms with Gasteiger partial charge in [0.05, 0.1) is 5.69 Å². The number of carbonyl (C=O) groups excluding carboxylic acids is 1. The lowest BCUT2D eigenvalue weighted by molar-refractivity contribution is 0.0590. The van der Waals surface area contributed by atoms with Crippen molar-refractivity contribution in [2.24, 2.45) is 0 Å². The molecule has 0 N–H and O–H groups in total. The zero-order valence-electron chi connectivity index (χ0n) is 16.1. The first kappa shape index (κ1) is 18.6. The minimum Gasteiger partial charge on any atom is -0.474 e. The minimum absolute atomic E-state index is 0.0737. The number of aryl methyl sites for hydroxylation is 2. The normalized spacial score (nSPS) is 14.9. The first-order valence-corrected chi connectivity index (χ1v) is 10.3. The van der Waals surface area contributed by atoms with Gasteiger partial charge in [0, 0.05) is 43.3 Å². The van der Waals surface area contributed by atoms with Crippen LogP contribution in [0, 0.1) is 13.8 Å². The van der Waals surface area contributed by atoms with Crippen LogP contribution in [0.15, 0.2) is 48.7 Å². The van der Waals surface area contributed by atoms with Crippen LogP contribution in [0.5, 0.6) is 5.88 Å². The Morgan fingerprint density at radius 2 is 1.86 bits per heavy atom. The molecule has 0 spiro atoms. The zero-order chi connectivity index (χ0) is 19.5. The largest absolute Gasteiger partial charge is 0.474 e. The van der Waals surface area contributed by atoms with Crippen LogP contribution in [0.4, 0.5) is 0 Å². The highest BCUT2D eigenvalue weighted by molar-refractivity contribution is 7.17. The maximum absolute atomic E-state index is 13.0. The maximum Gasteiger partial charge on any atom is 0.265 e. The summed E-state index contributed by atoms with van der Waals surface area (Å²) in [5.74, 6) is 0.766. The van der Waals surface area contributed by atoms with E-state index in [0.717, 1.165) is 39.5 Å². The van der Waals surface area contributed by atoms with Gasteiger partial charge in [0.1, 0.15) is 16.0 Å². The summed E-state index contributed by atoms with van der Waals surface area (Å²) in [5.41, 5.74) is 2.89. The number of nitrogens with zero attached hydrogens (tertiary/aromatic N) is 3. The van der Waals surface area contributed by atoms with Gasteiger partial charge in [-0.05, 0) is 19.9 Å². The topological polar surface area (TPSA) is 55.3 Å². The Morgan fingerprint density at radius 1 is 1.11 bits per heavy atom. The molecule has 5 nitrogen and oxygen atoms in total. The van der Waals surface area contributed by atoms with Gasteiger partial charge in [-0.2, -0.15) is 0 Å². The molecule has 1 saturated heterocycles. The number of rotatable bonds is 4. The molecule has 144 valence electrons. The second-order valence-electron chi connectivity index (χ2n) is 7.03. The molecular weight excluding hydrogens is 370 g/mol. The second kappa shape index (κ2) is 8.10. The van der Waals surface area contributed by atoms with Crippen molar-refractivity contribution in [3.05, 3.63) is 64.8 Å². The summed E-state index contributed by atoms with van der Waals surface area (Å²) in [6, 6.07) is 13.9. The fourth-order valence-electron chi connectivity index (χ4n) is 3.37. The van der Waals surface area contributed by atoms with E-state index in [4.69, 9.17) is 4.74 Å². The van der Waals surface area contributed by atoms with E-state index < -0.39 is 0 Å². The number of hydrogen-bond acceptors (Lipinski definition) is 5. The molecular formula is C22H23N3O2S. The van der Waals surface area contributed by atoms with Gasteiger partial charge in [0.25, 0.3) is 5.91 Å². The Labute approximate surface area is 169 Å². The van der Waals surface area contributed by atoms with Crippen molar-refractivity contribution in [2.45, 2.75) is 32.8 Å². The molecule has 1 amide bonds. The molecule has 0 bridgehead atoms. The van der Waals surface area contributed by atoms with Crippen molar-refractivity contribution in [1.29, 1.82) is 0 Å². The Morgan fingerprint density at radius 3 is 2.57 bits per heavy atom. The molecule has 0 unspecified atom stereocenters. The third-order valence-corrected chi connectivity index (χ3v) is 6.17. The Balaban J connectivity index is 1.40. The van der Waals surface area contributed by atoms with Gasteiger partial charge in [-0.1, -0.05) is 36.4 Å². The van der Waals surface area contributed by atoms with E-state index in [0.29, 0.717) is 19.0 Å². The predicted octanol–water partition coefficient (Wildman–Crippen LogP) is 4.51. The highest BCUT2D eigenvalue weighted by Crippen LogP contribution is 2.29. The highest BCUT2D eigenvalue weighted by atomic mass is 32.1. The summed E-state index contributed by atoms with van der Waals surface area (Å²) < 4.78 is 6.05. The van der Waals surface area contributed by atoms with Crippen LogP contribution in [0.3, 0.4) is 0 Å². The Hall–Kier alpha value is -2.73. The molecule has 2 aromatic heterocycles. The van der Waals surface area contributed by atoms with Crippen LogP contribution in [-0.2, 0) is 0 Å². The molecule has 0 atom stereocenters. The lowest BCUT2D eigenvalue weighted by Gasteiger charge is -2.32. The third-order valence-electron chi connectivity index (χ3n) is 4.98. The van der Waals surface area contributed by atoms with Crippen LogP contribution in [0.25, 0.3) is 10.6 Å². The predicted molar refractivity (Wildman–Crippen MR) is 111 cm³/mol. The van der Waals surface area contributed by atoms with E-state index in [9.17, 15) is 4.79 Å². The van der Waals surface area contributed by atoms with Gasteiger partial charge < -0.3 is 9.64 Å². The summed E-state index contributed by atoms with van der Waals surface area (Å²) in [6.07, 6.45) is 3.47. The van der Waals surface area contributed by atoms with Crippen molar-refractivity contribution >= 4 is 17.2 Å². The molecule has 4 rings (SSSR count). The molecule has 6 heteroatoms. The third kappa shape index (κ3) is 3.92. The summed E-state index contributed by atoms with van der Waals surface area (Å²) in [5, 5.41) is 0.894. The van der Waals surface area contributed by atoms with Gasteiger partial charge in [-0.15, -0.1) is 11.3 Å². The number of aromatic nitrogens is 2. The summed E-state index contributed by atoms with van der Waals surface area (Å²) in [7, 11) is 0. The van der Waals surface area contributed by atoms with Gasteiger partial charge in [-0.3, -0.25) is 4.79 Å². The summed E-state index contributed by atoms with van der Waals surface area (Å²) in [4.78, 5) is 24.6. The van der Waals surface area contributed by atoms with E-state index in [-0.39, 0.29) is 12.0 Å². The van der Waals surface area contributed by atoms with E-state index in [1.165, 1.54) is 11.3 Å². The van der Waals surface area contributed by atoms with Crippen LogP contribution in [-0.4, -0.2) is 40.0 Å².